The monoisotopic (exact) mass is 557 g/mol. The SMILES string of the molecule is CP(C)(=O)c1c2ccc3c(c[nH]c13)-c1nc(ncc1C(F)(F)F)N[C@H]1CC[C@@H](C1)NCCCCn1ccnc1-2. The number of aryl methyl sites for hydroxylation is 1. The molecule has 1 aromatic carbocycles. The molecule has 0 amide bonds. The van der Waals surface area contributed by atoms with Gasteiger partial charge in [0.25, 0.3) is 0 Å². The van der Waals surface area contributed by atoms with E-state index in [2.05, 4.69) is 35.1 Å². The van der Waals surface area contributed by atoms with Gasteiger partial charge in [-0.25, -0.2) is 15.0 Å². The number of H-pyrrole nitrogens is 1. The molecule has 4 aromatic rings. The molecule has 0 spiro atoms. The first kappa shape index (κ1) is 26.1. The van der Waals surface area contributed by atoms with Gasteiger partial charge >= 0.3 is 6.18 Å². The largest absolute Gasteiger partial charge is 0.419 e. The molecule has 0 saturated heterocycles. The first-order valence-corrected chi connectivity index (χ1v) is 15.9. The zero-order chi connectivity index (χ0) is 27.4. The number of imidazole rings is 1. The van der Waals surface area contributed by atoms with Crippen molar-refractivity contribution in [3.05, 3.63) is 42.5 Å². The quantitative estimate of drug-likeness (QED) is 0.269. The van der Waals surface area contributed by atoms with Crippen molar-refractivity contribution >= 4 is 29.3 Å². The molecule has 8 nitrogen and oxygen atoms in total. The highest BCUT2D eigenvalue weighted by molar-refractivity contribution is 7.70. The Kier molecular flexibility index (Phi) is 6.54. The van der Waals surface area contributed by atoms with E-state index in [0.717, 1.165) is 51.4 Å². The van der Waals surface area contributed by atoms with Crippen LogP contribution in [0.25, 0.3) is 33.5 Å². The molecule has 12 heteroatoms. The van der Waals surface area contributed by atoms with Crippen LogP contribution in [0, 0.1) is 0 Å². The molecule has 1 saturated carbocycles. The second-order valence-electron chi connectivity index (χ2n) is 10.8. The maximum absolute atomic E-state index is 14.1. The van der Waals surface area contributed by atoms with Crippen LogP contribution in [-0.4, -0.2) is 56.5 Å². The van der Waals surface area contributed by atoms with Crippen LogP contribution in [0.5, 0.6) is 0 Å². The van der Waals surface area contributed by atoms with E-state index >= 15 is 0 Å². The van der Waals surface area contributed by atoms with Gasteiger partial charge in [0.15, 0.2) is 0 Å². The lowest BCUT2D eigenvalue weighted by Gasteiger charge is -2.17. The fraction of sp³-hybridized carbons (Fsp3) is 0.444. The Morgan fingerprint density at radius 3 is 2.69 bits per heavy atom. The average Bonchev–Trinajstić information content (AvgIpc) is 3.61. The highest BCUT2D eigenvalue weighted by atomic mass is 31.2. The van der Waals surface area contributed by atoms with E-state index in [0.29, 0.717) is 33.6 Å². The minimum Gasteiger partial charge on any atom is -0.360 e. The Morgan fingerprint density at radius 2 is 1.90 bits per heavy atom. The molecule has 1 aliphatic carbocycles. The van der Waals surface area contributed by atoms with E-state index in [1.807, 2.05) is 12.3 Å². The Balaban J connectivity index is 1.57. The number of hydrogen-bond acceptors (Lipinski definition) is 6. The Bertz CT molecular complexity index is 1570. The summed E-state index contributed by atoms with van der Waals surface area (Å²) in [7, 11) is -2.90. The first-order valence-electron chi connectivity index (χ1n) is 13.3. The number of hydrogen-bond donors (Lipinski definition) is 3. The lowest BCUT2D eigenvalue weighted by molar-refractivity contribution is -0.137. The lowest BCUT2D eigenvalue weighted by Crippen LogP contribution is -2.29. The van der Waals surface area contributed by atoms with Gasteiger partial charge in [-0.05, 0) is 58.0 Å². The number of halogens is 3. The molecular weight excluding hydrogens is 526 g/mol. The van der Waals surface area contributed by atoms with E-state index in [9.17, 15) is 17.7 Å². The van der Waals surface area contributed by atoms with Gasteiger partial charge in [0, 0.05) is 65.2 Å². The molecule has 206 valence electrons. The van der Waals surface area contributed by atoms with Crippen molar-refractivity contribution in [2.45, 2.75) is 56.9 Å². The zero-order valence-corrected chi connectivity index (χ0v) is 22.7. The second-order valence-corrected chi connectivity index (χ2v) is 14.0. The second kappa shape index (κ2) is 9.78. The molecule has 1 fully saturated rings. The molecule has 5 heterocycles. The maximum atomic E-state index is 14.1. The molecule has 8 bridgehead atoms. The predicted molar refractivity (Wildman–Crippen MR) is 147 cm³/mol. The summed E-state index contributed by atoms with van der Waals surface area (Å²) in [6.45, 7) is 4.98. The molecule has 2 aliphatic heterocycles. The third-order valence-corrected chi connectivity index (χ3v) is 9.24. The van der Waals surface area contributed by atoms with Crippen molar-refractivity contribution in [2.24, 2.45) is 0 Å². The highest BCUT2D eigenvalue weighted by Gasteiger charge is 2.37. The van der Waals surface area contributed by atoms with Crippen LogP contribution in [0.15, 0.2) is 36.9 Å². The van der Waals surface area contributed by atoms with Crippen LogP contribution in [0.4, 0.5) is 19.1 Å². The van der Waals surface area contributed by atoms with Gasteiger partial charge in [-0.3, -0.25) is 0 Å². The van der Waals surface area contributed by atoms with Crippen LogP contribution in [0.1, 0.15) is 37.7 Å². The van der Waals surface area contributed by atoms with Crippen LogP contribution < -0.4 is 15.9 Å². The molecule has 0 radical (unpaired) electrons. The summed E-state index contributed by atoms with van der Waals surface area (Å²) >= 11 is 0. The van der Waals surface area contributed by atoms with Crippen LogP contribution in [-0.2, 0) is 17.3 Å². The van der Waals surface area contributed by atoms with Crippen molar-refractivity contribution in [1.29, 1.82) is 0 Å². The summed E-state index contributed by atoms with van der Waals surface area (Å²) in [5.41, 5.74) is 0.412. The number of nitrogens with one attached hydrogen (secondary N) is 3. The van der Waals surface area contributed by atoms with Gasteiger partial charge in [0.1, 0.15) is 18.5 Å². The van der Waals surface area contributed by atoms with Gasteiger partial charge < -0.3 is 24.7 Å². The fourth-order valence-electron chi connectivity index (χ4n) is 5.91. The Hall–Kier alpha value is -3.17. The topological polar surface area (TPSA) is 101 Å². The third-order valence-electron chi connectivity index (χ3n) is 7.70. The summed E-state index contributed by atoms with van der Waals surface area (Å²) in [4.78, 5) is 16.2. The van der Waals surface area contributed by atoms with Crippen molar-refractivity contribution in [1.82, 2.24) is 29.8 Å². The summed E-state index contributed by atoms with van der Waals surface area (Å²) in [5, 5.41) is 7.98. The first-order chi connectivity index (χ1) is 18.6. The number of nitrogens with zero attached hydrogens (tertiary/aromatic N) is 4. The Labute approximate surface area is 224 Å². The van der Waals surface area contributed by atoms with Gasteiger partial charge in [-0.2, -0.15) is 13.2 Å². The van der Waals surface area contributed by atoms with Crippen molar-refractivity contribution < 1.29 is 17.7 Å². The minimum atomic E-state index is -4.65. The molecule has 0 unspecified atom stereocenters. The summed E-state index contributed by atoms with van der Waals surface area (Å²) in [6, 6.07) is 4.00. The molecular formula is C27H31F3N7OP. The number of benzene rings is 1. The van der Waals surface area contributed by atoms with Gasteiger partial charge in [0.05, 0.1) is 11.2 Å². The van der Waals surface area contributed by atoms with Crippen LogP contribution in [0.2, 0.25) is 0 Å². The van der Waals surface area contributed by atoms with Crippen molar-refractivity contribution in [3.8, 4) is 22.6 Å². The standard InChI is InChI=1S/C27H31F3N7OP/c1-39(2,38)24-19-8-7-18-20(14-33-23(18)24)22-21(27(28,29)30)15-34-26(36-22)35-17-6-5-16(13-17)31-9-3-4-11-37-12-10-32-25(19)37/h7-8,10,12,14-17,31,33H,3-6,9,11,13H2,1-2H3,(H,34,35,36)/t16-,17-/m0/s1. The van der Waals surface area contributed by atoms with Gasteiger partial charge in [-0.1, -0.05) is 6.07 Å². The van der Waals surface area contributed by atoms with E-state index < -0.39 is 18.9 Å². The molecule has 39 heavy (non-hydrogen) atoms. The van der Waals surface area contributed by atoms with Gasteiger partial charge in [-0.15, -0.1) is 0 Å². The normalized spacial score (nSPS) is 20.4. The highest BCUT2D eigenvalue weighted by Crippen LogP contribution is 2.44. The molecule has 2 atom stereocenters. The number of aromatic nitrogens is 5. The smallest absolute Gasteiger partial charge is 0.360 e. The van der Waals surface area contributed by atoms with Gasteiger partial charge in [0.2, 0.25) is 5.95 Å². The maximum Gasteiger partial charge on any atom is 0.419 e. The zero-order valence-electron chi connectivity index (χ0n) is 21.8. The summed E-state index contributed by atoms with van der Waals surface area (Å²) in [6.07, 6.45) is 6.04. The molecule has 7 rings (SSSR count). The number of rotatable bonds is 1. The number of anilines is 1. The van der Waals surface area contributed by atoms with Crippen LogP contribution >= 0.6 is 7.14 Å². The summed E-state index contributed by atoms with van der Waals surface area (Å²) in [5.74, 6) is 0.868. The van der Waals surface area contributed by atoms with Crippen molar-refractivity contribution in [2.75, 3.05) is 25.2 Å². The molecule has 3 aliphatic rings. The number of fused-ring (bicyclic) bond motifs is 5. The van der Waals surface area contributed by atoms with Crippen LogP contribution in [0.3, 0.4) is 0 Å². The predicted octanol–water partition coefficient (Wildman–Crippen LogP) is 5.47. The summed E-state index contributed by atoms with van der Waals surface area (Å²) < 4.78 is 58.2. The third kappa shape index (κ3) is 4.98. The lowest BCUT2D eigenvalue weighted by atomic mass is 10.0. The number of alkyl halides is 3. The number of aromatic amines is 1. The minimum absolute atomic E-state index is 0.0749. The van der Waals surface area contributed by atoms with E-state index in [1.54, 1.807) is 25.6 Å². The fourth-order valence-corrected chi connectivity index (χ4v) is 7.39. The van der Waals surface area contributed by atoms with E-state index in [-0.39, 0.29) is 23.2 Å². The van der Waals surface area contributed by atoms with E-state index in [4.69, 9.17) is 0 Å². The molecule has 3 N–H and O–H groups in total. The Morgan fingerprint density at radius 1 is 1.08 bits per heavy atom. The van der Waals surface area contributed by atoms with E-state index in [1.165, 1.54) is 6.20 Å². The average molecular weight is 558 g/mol. The molecule has 3 aromatic heterocycles. The van der Waals surface area contributed by atoms with Crippen molar-refractivity contribution in [3.63, 3.8) is 0 Å².